The lowest BCUT2D eigenvalue weighted by Crippen LogP contribution is -2.43. The van der Waals surface area contributed by atoms with Gasteiger partial charge in [0.2, 0.25) is 0 Å². The predicted molar refractivity (Wildman–Crippen MR) is 64.6 cm³/mol. The lowest BCUT2D eigenvalue weighted by atomic mass is 10.2. The molecule has 0 spiro atoms. The molecule has 1 aliphatic heterocycles. The van der Waals surface area contributed by atoms with Gasteiger partial charge in [0.25, 0.3) is 0 Å². The second-order valence-corrected chi connectivity index (χ2v) is 3.98. The van der Waals surface area contributed by atoms with Crippen LogP contribution < -0.4 is 10.2 Å². The highest BCUT2D eigenvalue weighted by molar-refractivity contribution is 5.80. The van der Waals surface area contributed by atoms with Gasteiger partial charge in [-0.3, -0.25) is 4.98 Å². The van der Waals surface area contributed by atoms with E-state index in [2.05, 4.69) is 32.3 Å². The Bertz CT molecular complexity index is 491. The first kappa shape index (κ1) is 9.54. The Morgan fingerprint density at radius 3 is 2.94 bits per heavy atom. The maximum Gasteiger partial charge on any atom is 0.129 e. The second kappa shape index (κ2) is 4.06. The van der Waals surface area contributed by atoms with E-state index in [0.717, 1.165) is 42.9 Å². The fourth-order valence-corrected chi connectivity index (χ4v) is 2.03. The van der Waals surface area contributed by atoms with Crippen molar-refractivity contribution >= 4 is 16.7 Å². The van der Waals surface area contributed by atoms with E-state index in [1.54, 1.807) is 6.20 Å². The van der Waals surface area contributed by atoms with Crippen molar-refractivity contribution in [3.05, 3.63) is 30.6 Å². The topological polar surface area (TPSA) is 41.1 Å². The van der Waals surface area contributed by atoms with E-state index >= 15 is 0 Å². The van der Waals surface area contributed by atoms with Gasteiger partial charge in [0.1, 0.15) is 5.82 Å². The van der Waals surface area contributed by atoms with Gasteiger partial charge < -0.3 is 10.2 Å². The SMILES string of the molecule is c1cnc2cnc(N3CCNCC3)cc2c1. The molecule has 1 N–H and O–H groups in total. The predicted octanol–water partition coefficient (Wildman–Crippen LogP) is 1.04. The van der Waals surface area contributed by atoms with Crippen LogP contribution >= 0.6 is 0 Å². The van der Waals surface area contributed by atoms with Crippen molar-refractivity contribution in [1.82, 2.24) is 15.3 Å². The summed E-state index contributed by atoms with van der Waals surface area (Å²) >= 11 is 0. The van der Waals surface area contributed by atoms with Crippen LogP contribution in [0.25, 0.3) is 10.9 Å². The molecule has 82 valence electrons. The van der Waals surface area contributed by atoms with Crippen LogP contribution in [0, 0.1) is 0 Å². The third-order valence-corrected chi connectivity index (χ3v) is 2.92. The van der Waals surface area contributed by atoms with E-state index in [1.807, 2.05) is 12.3 Å². The van der Waals surface area contributed by atoms with Gasteiger partial charge in [-0.2, -0.15) is 0 Å². The Kier molecular flexibility index (Phi) is 2.42. The molecule has 4 heteroatoms. The molecule has 16 heavy (non-hydrogen) atoms. The number of anilines is 1. The zero-order valence-corrected chi connectivity index (χ0v) is 9.06. The van der Waals surface area contributed by atoms with Crippen LogP contribution in [0.1, 0.15) is 0 Å². The molecule has 0 atom stereocenters. The first-order valence-corrected chi connectivity index (χ1v) is 5.60. The third kappa shape index (κ3) is 1.72. The van der Waals surface area contributed by atoms with Gasteiger partial charge in [-0.05, 0) is 12.1 Å². The molecule has 1 fully saturated rings. The third-order valence-electron chi connectivity index (χ3n) is 2.92. The van der Waals surface area contributed by atoms with Gasteiger partial charge >= 0.3 is 0 Å². The second-order valence-electron chi connectivity index (χ2n) is 3.98. The number of pyridine rings is 2. The molecule has 0 bridgehead atoms. The molecule has 0 amide bonds. The van der Waals surface area contributed by atoms with Gasteiger partial charge in [0, 0.05) is 37.8 Å². The summed E-state index contributed by atoms with van der Waals surface area (Å²) in [6, 6.07) is 6.16. The number of aromatic nitrogens is 2. The van der Waals surface area contributed by atoms with E-state index in [4.69, 9.17) is 0 Å². The fourth-order valence-electron chi connectivity index (χ4n) is 2.03. The monoisotopic (exact) mass is 214 g/mol. The molecule has 3 heterocycles. The van der Waals surface area contributed by atoms with Gasteiger partial charge in [0.15, 0.2) is 0 Å². The molecule has 0 unspecified atom stereocenters. The molecule has 0 radical (unpaired) electrons. The summed E-state index contributed by atoms with van der Waals surface area (Å²) in [6.45, 7) is 4.12. The number of nitrogens with zero attached hydrogens (tertiary/aromatic N) is 3. The average molecular weight is 214 g/mol. The van der Waals surface area contributed by atoms with Gasteiger partial charge in [-0.1, -0.05) is 6.07 Å². The summed E-state index contributed by atoms with van der Waals surface area (Å²) in [5.41, 5.74) is 0.960. The maximum absolute atomic E-state index is 4.47. The Morgan fingerprint density at radius 1 is 1.19 bits per heavy atom. The van der Waals surface area contributed by atoms with E-state index in [0.29, 0.717) is 0 Å². The molecule has 1 saturated heterocycles. The number of piperazine rings is 1. The molecule has 4 nitrogen and oxygen atoms in total. The average Bonchev–Trinajstić information content (AvgIpc) is 2.39. The fraction of sp³-hybridized carbons (Fsp3) is 0.333. The van der Waals surface area contributed by atoms with Crippen molar-refractivity contribution in [1.29, 1.82) is 0 Å². The van der Waals surface area contributed by atoms with Gasteiger partial charge in [0.05, 0.1) is 11.7 Å². The lowest BCUT2D eigenvalue weighted by Gasteiger charge is -2.28. The van der Waals surface area contributed by atoms with Crippen LogP contribution in [0.15, 0.2) is 30.6 Å². The Hall–Kier alpha value is -1.68. The highest BCUT2D eigenvalue weighted by Crippen LogP contribution is 2.17. The number of rotatable bonds is 1. The standard InChI is InChI=1S/C12H14N4/c1-2-10-8-12(15-9-11(10)14-3-1)16-6-4-13-5-7-16/h1-3,8-9,13H,4-7H2. The van der Waals surface area contributed by atoms with Crippen molar-refractivity contribution in [3.63, 3.8) is 0 Å². The molecule has 2 aromatic heterocycles. The summed E-state index contributed by atoms with van der Waals surface area (Å²) in [7, 11) is 0. The quantitative estimate of drug-likeness (QED) is 0.770. The molecule has 1 aliphatic rings. The zero-order valence-electron chi connectivity index (χ0n) is 9.06. The number of hydrogen-bond acceptors (Lipinski definition) is 4. The number of fused-ring (bicyclic) bond motifs is 1. The summed E-state index contributed by atoms with van der Waals surface area (Å²) < 4.78 is 0. The zero-order chi connectivity index (χ0) is 10.8. The Labute approximate surface area is 94.3 Å². The molecule has 0 aromatic carbocycles. The number of hydrogen-bond donors (Lipinski definition) is 1. The minimum Gasteiger partial charge on any atom is -0.354 e. The lowest BCUT2D eigenvalue weighted by molar-refractivity contribution is 0.585. The largest absolute Gasteiger partial charge is 0.354 e. The summed E-state index contributed by atoms with van der Waals surface area (Å²) in [4.78, 5) is 11.0. The van der Waals surface area contributed by atoms with E-state index in [1.165, 1.54) is 0 Å². The van der Waals surface area contributed by atoms with E-state index in [9.17, 15) is 0 Å². The minimum atomic E-state index is 0.960. The summed E-state index contributed by atoms with van der Waals surface area (Å²) in [6.07, 6.45) is 3.65. The van der Waals surface area contributed by atoms with Crippen LogP contribution in [-0.4, -0.2) is 36.1 Å². The first-order valence-electron chi connectivity index (χ1n) is 5.60. The van der Waals surface area contributed by atoms with Crippen molar-refractivity contribution in [2.45, 2.75) is 0 Å². The highest BCUT2D eigenvalue weighted by Gasteiger charge is 2.11. The van der Waals surface area contributed by atoms with Crippen molar-refractivity contribution < 1.29 is 0 Å². The van der Waals surface area contributed by atoms with Crippen molar-refractivity contribution in [2.75, 3.05) is 31.1 Å². The number of nitrogens with one attached hydrogen (secondary N) is 1. The van der Waals surface area contributed by atoms with E-state index < -0.39 is 0 Å². The molecule has 2 aromatic rings. The van der Waals surface area contributed by atoms with Crippen LogP contribution in [0.2, 0.25) is 0 Å². The van der Waals surface area contributed by atoms with Crippen LogP contribution in [0.4, 0.5) is 5.82 Å². The van der Waals surface area contributed by atoms with Crippen molar-refractivity contribution in [3.8, 4) is 0 Å². The maximum atomic E-state index is 4.47. The van der Waals surface area contributed by atoms with Crippen LogP contribution in [0.3, 0.4) is 0 Å². The van der Waals surface area contributed by atoms with Gasteiger partial charge in [-0.25, -0.2) is 4.98 Å². The molecular weight excluding hydrogens is 200 g/mol. The first-order chi connectivity index (χ1) is 7.93. The van der Waals surface area contributed by atoms with Crippen molar-refractivity contribution in [2.24, 2.45) is 0 Å². The summed E-state index contributed by atoms with van der Waals surface area (Å²) in [5, 5.41) is 4.50. The van der Waals surface area contributed by atoms with E-state index in [-0.39, 0.29) is 0 Å². The normalized spacial score (nSPS) is 16.6. The van der Waals surface area contributed by atoms with Gasteiger partial charge in [-0.15, -0.1) is 0 Å². The Balaban J connectivity index is 1.97. The molecule has 0 aliphatic carbocycles. The highest BCUT2D eigenvalue weighted by atomic mass is 15.2. The molecular formula is C12H14N4. The molecule has 0 saturated carbocycles. The van der Waals surface area contributed by atoms with Crippen LogP contribution in [0.5, 0.6) is 0 Å². The molecule has 3 rings (SSSR count). The Morgan fingerprint density at radius 2 is 2.06 bits per heavy atom. The summed E-state index contributed by atoms with van der Waals surface area (Å²) in [5.74, 6) is 1.06. The van der Waals surface area contributed by atoms with Crippen LogP contribution in [-0.2, 0) is 0 Å². The minimum absolute atomic E-state index is 0.960. The smallest absolute Gasteiger partial charge is 0.129 e.